The lowest BCUT2D eigenvalue weighted by Crippen LogP contribution is -2.18. The van der Waals surface area contributed by atoms with Crippen molar-refractivity contribution in [2.45, 2.75) is 31.9 Å². The van der Waals surface area contributed by atoms with Gasteiger partial charge in [0, 0.05) is 29.6 Å². The highest BCUT2D eigenvalue weighted by Crippen LogP contribution is 2.30. The first-order valence-electron chi connectivity index (χ1n) is 6.98. The van der Waals surface area contributed by atoms with Crippen molar-refractivity contribution in [1.82, 2.24) is 9.78 Å². The van der Waals surface area contributed by atoms with Gasteiger partial charge in [0.05, 0.1) is 6.20 Å². The summed E-state index contributed by atoms with van der Waals surface area (Å²) in [4.78, 5) is 0. The summed E-state index contributed by atoms with van der Waals surface area (Å²) in [5.74, 6) is 0. The lowest BCUT2D eigenvalue weighted by Gasteiger charge is -2.22. The van der Waals surface area contributed by atoms with Crippen LogP contribution in [0.15, 0.2) is 30.6 Å². The van der Waals surface area contributed by atoms with Gasteiger partial charge in [0.15, 0.2) is 0 Å². The predicted molar refractivity (Wildman–Crippen MR) is 75.9 cm³/mol. The van der Waals surface area contributed by atoms with E-state index in [4.69, 9.17) is 10.5 Å². The predicted octanol–water partition coefficient (Wildman–Crippen LogP) is 3.77. The van der Waals surface area contributed by atoms with E-state index in [0.29, 0.717) is 11.3 Å². The monoisotopic (exact) mass is 293 g/mol. The molecule has 1 saturated heterocycles. The Morgan fingerprint density at radius 1 is 1.24 bits per heavy atom. The zero-order chi connectivity index (χ0) is 14.8. The molecule has 0 radical (unpaired) electrons. The van der Waals surface area contributed by atoms with Crippen LogP contribution >= 0.6 is 0 Å². The van der Waals surface area contributed by atoms with Crippen LogP contribution in [-0.2, 0) is 4.74 Å². The lowest BCUT2D eigenvalue weighted by molar-refractivity contribution is -0.0394. The molecule has 21 heavy (non-hydrogen) atoms. The molecule has 0 saturated carbocycles. The number of anilines is 1. The summed E-state index contributed by atoms with van der Waals surface area (Å²) in [6, 6.07) is 4.42. The van der Waals surface area contributed by atoms with Gasteiger partial charge in [0.1, 0.15) is 6.23 Å². The third-order valence-corrected chi connectivity index (χ3v) is 3.62. The van der Waals surface area contributed by atoms with E-state index in [1.807, 2.05) is 6.20 Å². The van der Waals surface area contributed by atoms with Crippen molar-refractivity contribution >= 4 is 5.69 Å². The highest BCUT2D eigenvalue weighted by molar-refractivity contribution is 5.67. The molecule has 1 atom stereocenters. The van der Waals surface area contributed by atoms with Crippen LogP contribution in [0.2, 0.25) is 0 Å². The average molecular weight is 293 g/mol. The van der Waals surface area contributed by atoms with E-state index in [9.17, 15) is 8.78 Å². The number of halogens is 2. The first-order valence-corrected chi connectivity index (χ1v) is 6.98. The number of aromatic nitrogens is 2. The number of rotatable bonds is 3. The van der Waals surface area contributed by atoms with Crippen molar-refractivity contribution in [3.8, 4) is 11.1 Å². The standard InChI is InChI=1S/C15H17F2N3O/c16-15(17)11-5-10(6-13(18)7-11)12-8-19-20(9-12)14-3-1-2-4-21-14/h5-9,14-15H,1-4,18H2. The summed E-state index contributed by atoms with van der Waals surface area (Å²) >= 11 is 0. The number of hydrogen-bond donors (Lipinski definition) is 1. The van der Waals surface area contributed by atoms with Crippen LogP contribution in [-0.4, -0.2) is 16.4 Å². The lowest BCUT2D eigenvalue weighted by atomic mass is 10.1. The van der Waals surface area contributed by atoms with E-state index >= 15 is 0 Å². The van der Waals surface area contributed by atoms with E-state index < -0.39 is 6.43 Å². The molecule has 1 unspecified atom stereocenters. The molecule has 1 fully saturated rings. The first-order chi connectivity index (χ1) is 10.1. The second kappa shape index (κ2) is 5.81. The third-order valence-electron chi connectivity index (χ3n) is 3.62. The second-order valence-corrected chi connectivity index (χ2v) is 5.22. The molecule has 2 N–H and O–H groups in total. The van der Waals surface area contributed by atoms with Gasteiger partial charge in [-0.2, -0.15) is 5.10 Å². The molecule has 3 rings (SSSR count). The Balaban J connectivity index is 1.88. The largest absolute Gasteiger partial charge is 0.399 e. The SMILES string of the molecule is Nc1cc(-c2cnn(C3CCCCO3)c2)cc(C(F)F)c1. The second-order valence-electron chi connectivity index (χ2n) is 5.22. The van der Waals surface area contributed by atoms with Crippen molar-refractivity contribution in [2.75, 3.05) is 12.3 Å². The van der Waals surface area contributed by atoms with Gasteiger partial charge in [0.25, 0.3) is 6.43 Å². The van der Waals surface area contributed by atoms with Gasteiger partial charge in [-0.3, -0.25) is 0 Å². The van der Waals surface area contributed by atoms with Gasteiger partial charge in [-0.1, -0.05) is 0 Å². The molecule has 2 heterocycles. The summed E-state index contributed by atoms with van der Waals surface area (Å²) in [6.45, 7) is 0.730. The first kappa shape index (κ1) is 14.0. The summed E-state index contributed by atoms with van der Waals surface area (Å²) in [5, 5.41) is 4.28. The highest BCUT2D eigenvalue weighted by atomic mass is 19.3. The molecule has 0 amide bonds. The van der Waals surface area contributed by atoms with Gasteiger partial charge < -0.3 is 10.5 Å². The molecule has 112 valence electrons. The number of benzene rings is 1. The third kappa shape index (κ3) is 3.05. The Morgan fingerprint density at radius 2 is 2.10 bits per heavy atom. The Hall–Kier alpha value is -1.95. The van der Waals surface area contributed by atoms with Gasteiger partial charge in [-0.25, -0.2) is 13.5 Å². The molecule has 1 aromatic carbocycles. The quantitative estimate of drug-likeness (QED) is 0.876. The van der Waals surface area contributed by atoms with Crippen LogP contribution in [0.5, 0.6) is 0 Å². The zero-order valence-electron chi connectivity index (χ0n) is 11.5. The maximum absolute atomic E-state index is 12.8. The fourth-order valence-corrected chi connectivity index (χ4v) is 2.55. The van der Waals surface area contributed by atoms with Crippen molar-refractivity contribution in [3.05, 3.63) is 36.2 Å². The molecular formula is C15H17F2N3O. The summed E-state index contributed by atoms with van der Waals surface area (Å²) in [7, 11) is 0. The molecule has 4 nitrogen and oxygen atoms in total. The molecule has 1 aromatic heterocycles. The van der Waals surface area contributed by atoms with E-state index in [-0.39, 0.29) is 11.8 Å². The van der Waals surface area contributed by atoms with Crippen molar-refractivity contribution in [3.63, 3.8) is 0 Å². The van der Waals surface area contributed by atoms with E-state index in [1.165, 1.54) is 12.1 Å². The van der Waals surface area contributed by atoms with Crippen LogP contribution in [0, 0.1) is 0 Å². The Morgan fingerprint density at radius 3 is 2.81 bits per heavy atom. The molecule has 1 aliphatic rings. The van der Waals surface area contributed by atoms with Gasteiger partial charge in [0.2, 0.25) is 0 Å². The topological polar surface area (TPSA) is 53.1 Å². The number of alkyl halides is 2. The highest BCUT2D eigenvalue weighted by Gasteiger charge is 2.17. The number of nitrogens with zero attached hydrogens (tertiary/aromatic N) is 2. The van der Waals surface area contributed by atoms with Crippen molar-refractivity contribution in [1.29, 1.82) is 0 Å². The minimum atomic E-state index is -2.54. The van der Waals surface area contributed by atoms with Crippen LogP contribution < -0.4 is 5.73 Å². The Bertz CT molecular complexity index is 621. The molecule has 1 aliphatic heterocycles. The number of nitrogen functional groups attached to an aromatic ring is 1. The summed E-state index contributed by atoms with van der Waals surface area (Å²) in [6.07, 6.45) is 3.96. The average Bonchev–Trinajstić information content (AvgIpc) is 2.97. The summed E-state index contributed by atoms with van der Waals surface area (Å²) < 4.78 is 33.1. The van der Waals surface area contributed by atoms with Crippen LogP contribution in [0.1, 0.15) is 37.5 Å². The maximum atomic E-state index is 12.8. The molecule has 0 aliphatic carbocycles. The smallest absolute Gasteiger partial charge is 0.263 e. The fourth-order valence-electron chi connectivity index (χ4n) is 2.55. The van der Waals surface area contributed by atoms with Gasteiger partial charge in [-0.05, 0) is 43.0 Å². The van der Waals surface area contributed by atoms with Gasteiger partial charge >= 0.3 is 0 Å². The van der Waals surface area contributed by atoms with Gasteiger partial charge in [-0.15, -0.1) is 0 Å². The number of ether oxygens (including phenoxy) is 1. The van der Waals surface area contributed by atoms with Crippen molar-refractivity contribution < 1.29 is 13.5 Å². The zero-order valence-corrected chi connectivity index (χ0v) is 11.5. The minimum Gasteiger partial charge on any atom is -0.399 e. The number of hydrogen-bond acceptors (Lipinski definition) is 3. The molecule has 6 heteroatoms. The van der Waals surface area contributed by atoms with E-state index in [1.54, 1.807) is 16.9 Å². The van der Waals surface area contributed by atoms with Crippen LogP contribution in [0.25, 0.3) is 11.1 Å². The van der Waals surface area contributed by atoms with Crippen LogP contribution in [0.4, 0.5) is 14.5 Å². The van der Waals surface area contributed by atoms with E-state index in [2.05, 4.69) is 5.10 Å². The fraction of sp³-hybridized carbons (Fsp3) is 0.400. The molecular weight excluding hydrogens is 276 g/mol. The molecule has 2 aromatic rings. The Labute approximate surface area is 121 Å². The number of nitrogens with two attached hydrogens (primary N) is 1. The van der Waals surface area contributed by atoms with Crippen LogP contribution in [0.3, 0.4) is 0 Å². The Kier molecular flexibility index (Phi) is 3.88. The maximum Gasteiger partial charge on any atom is 0.263 e. The molecule has 0 spiro atoms. The normalized spacial score (nSPS) is 19.1. The summed E-state index contributed by atoms with van der Waals surface area (Å²) in [5.41, 5.74) is 7.35. The van der Waals surface area contributed by atoms with E-state index in [0.717, 1.165) is 31.4 Å². The minimum absolute atomic E-state index is 0.0665. The van der Waals surface area contributed by atoms with Crippen molar-refractivity contribution in [2.24, 2.45) is 0 Å². The molecule has 0 bridgehead atoms.